The van der Waals surface area contributed by atoms with Crippen molar-refractivity contribution >= 4 is 15.9 Å². The van der Waals surface area contributed by atoms with Crippen molar-refractivity contribution in [2.45, 2.75) is 71.0 Å². The van der Waals surface area contributed by atoms with Crippen molar-refractivity contribution in [2.75, 3.05) is 26.2 Å². The molecular formula is C26H38N2O8S. The molecule has 0 aromatic heterocycles. The molecule has 7 atom stereocenters. The Balaban J connectivity index is 1.23. The molecule has 1 aromatic rings. The third-order valence-electron chi connectivity index (χ3n) is 9.08. The van der Waals surface area contributed by atoms with Crippen LogP contribution in [0.3, 0.4) is 0 Å². The van der Waals surface area contributed by atoms with E-state index in [1.165, 1.54) is 0 Å². The number of carbonyl (C=O) groups excluding carboxylic acids is 1. The monoisotopic (exact) mass is 538 g/mol. The van der Waals surface area contributed by atoms with Gasteiger partial charge >= 0.3 is 0 Å². The molecule has 0 bridgehead atoms. The molecule has 3 N–H and O–H groups in total. The topological polar surface area (TPSA) is 132 Å². The molecule has 37 heavy (non-hydrogen) atoms. The Hall–Kier alpha value is -1.92. The summed E-state index contributed by atoms with van der Waals surface area (Å²) in [7, 11) is -3.33. The van der Waals surface area contributed by atoms with Crippen molar-refractivity contribution in [1.82, 2.24) is 10.0 Å². The van der Waals surface area contributed by atoms with E-state index in [2.05, 4.69) is 23.9 Å². The minimum Gasteiger partial charge on any atom is -0.454 e. The van der Waals surface area contributed by atoms with Gasteiger partial charge in [0.1, 0.15) is 0 Å². The van der Waals surface area contributed by atoms with Gasteiger partial charge in [0.2, 0.25) is 22.7 Å². The van der Waals surface area contributed by atoms with Crippen molar-refractivity contribution in [1.29, 1.82) is 0 Å². The number of carbonyl (C=O) groups is 1. The SMILES string of the molecule is C[C@@]12CO[C@@H](CNS(C)(=O)=O)O[C@@H]1CC[C@]1(C)[C@@H]2CC[C@@H](O)[C@H]1CC(=O)NCc1ccc2c(c1)OCO2. The first kappa shape index (κ1) is 26.7. The van der Waals surface area contributed by atoms with E-state index in [0.29, 0.717) is 31.1 Å². The van der Waals surface area contributed by atoms with Crippen molar-refractivity contribution in [3.8, 4) is 11.5 Å². The Labute approximate surface area is 218 Å². The molecule has 2 heterocycles. The van der Waals surface area contributed by atoms with Gasteiger partial charge in [-0.15, -0.1) is 0 Å². The average molecular weight is 539 g/mol. The van der Waals surface area contributed by atoms with Crippen LogP contribution in [0.1, 0.15) is 51.5 Å². The normalized spacial score (nSPS) is 36.9. The van der Waals surface area contributed by atoms with Crippen LogP contribution in [0, 0.1) is 22.7 Å². The average Bonchev–Trinajstić information content (AvgIpc) is 3.31. The van der Waals surface area contributed by atoms with Gasteiger partial charge < -0.3 is 29.4 Å². The predicted octanol–water partition coefficient (Wildman–Crippen LogP) is 1.91. The van der Waals surface area contributed by atoms with E-state index in [4.69, 9.17) is 18.9 Å². The molecule has 2 saturated carbocycles. The van der Waals surface area contributed by atoms with Crippen LogP contribution < -0.4 is 19.5 Å². The maximum atomic E-state index is 13.1. The Morgan fingerprint density at radius 1 is 1.14 bits per heavy atom. The molecule has 1 amide bonds. The molecule has 0 unspecified atom stereocenters. The van der Waals surface area contributed by atoms with Gasteiger partial charge in [0.25, 0.3) is 0 Å². The fraction of sp³-hybridized carbons (Fsp3) is 0.731. The van der Waals surface area contributed by atoms with E-state index in [1.807, 2.05) is 18.2 Å². The highest BCUT2D eigenvalue weighted by Crippen LogP contribution is 2.62. The second-order valence-corrected chi connectivity index (χ2v) is 13.3. The lowest BCUT2D eigenvalue weighted by molar-refractivity contribution is -0.305. The van der Waals surface area contributed by atoms with E-state index < -0.39 is 22.4 Å². The number of ether oxygens (including phenoxy) is 4. The summed E-state index contributed by atoms with van der Waals surface area (Å²) in [6, 6.07) is 5.62. The van der Waals surface area contributed by atoms with Gasteiger partial charge in [0, 0.05) is 18.4 Å². The van der Waals surface area contributed by atoms with Crippen LogP contribution in [0.25, 0.3) is 0 Å². The lowest BCUT2D eigenvalue weighted by Gasteiger charge is -2.63. The first-order valence-corrected chi connectivity index (χ1v) is 14.9. The number of aliphatic hydroxyl groups is 1. The van der Waals surface area contributed by atoms with Crippen LogP contribution in [-0.2, 0) is 30.8 Å². The molecule has 2 aliphatic carbocycles. The molecule has 10 nitrogen and oxygen atoms in total. The van der Waals surface area contributed by atoms with Crippen LogP contribution in [-0.4, -0.2) is 64.1 Å². The number of aliphatic hydroxyl groups excluding tert-OH is 1. The number of benzene rings is 1. The lowest BCUT2D eigenvalue weighted by Crippen LogP contribution is -2.63. The number of amides is 1. The van der Waals surface area contributed by atoms with E-state index in [0.717, 1.165) is 31.1 Å². The van der Waals surface area contributed by atoms with Gasteiger partial charge in [-0.05, 0) is 60.6 Å². The van der Waals surface area contributed by atoms with Gasteiger partial charge in [0.15, 0.2) is 17.8 Å². The fourth-order valence-electron chi connectivity index (χ4n) is 7.14. The molecule has 4 aliphatic rings. The maximum Gasteiger partial charge on any atom is 0.231 e. The van der Waals surface area contributed by atoms with Crippen molar-refractivity contribution in [3.63, 3.8) is 0 Å². The summed E-state index contributed by atoms with van der Waals surface area (Å²) >= 11 is 0. The predicted molar refractivity (Wildman–Crippen MR) is 134 cm³/mol. The zero-order valence-corrected chi connectivity index (χ0v) is 22.5. The van der Waals surface area contributed by atoms with Crippen molar-refractivity contribution < 1.29 is 37.3 Å². The Kier molecular flexibility index (Phi) is 7.21. The van der Waals surface area contributed by atoms with Crippen molar-refractivity contribution in [2.24, 2.45) is 22.7 Å². The molecule has 11 heteroatoms. The van der Waals surface area contributed by atoms with Crippen molar-refractivity contribution in [3.05, 3.63) is 23.8 Å². The van der Waals surface area contributed by atoms with Crippen LogP contribution in [0.5, 0.6) is 11.5 Å². The van der Waals surface area contributed by atoms with Gasteiger partial charge in [0.05, 0.1) is 31.6 Å². The smallest absolute Gasteiger partial charge is 0.231 e. The molecular weight excluding hydrogens is 500 g/mol. The minimum atomic E-state index is -3.33. The highest BCUT2D eigenvalue weighted by atomic mass is 32.2. The van der Waals surface area contributed by atoms with E-state index in [1.54, 1.807) is 0 Å². The molecule has 1 saturated heterocycles. The summed E-state index contributed by atoms with van der Waals surface area (Å²) in [5.74, 6) is 1.33. The fourth-order valence-corrected chi connectivity index (χ4v) is 7.58. The highest BCUT2D eigenvalue weighted by molar-refractivity contribution is 7.88. The van der Waals surface area contributed by atoms with Gasteiger partial charge in [-0.2, -0.15) is 0 Å². The van der Waals surface area contributed by atoms with Gasteiger partial charge in [-0.1, -0.05) is 19.9 Å². The van der Waals surface area contributed by atoms with Crippen LogP contribution >= 0.6 is 0 Å². The maximum absolute atomic E-state index is 13.1. The third-order valence-corrected chi connectivity index (χ3v) is 9.77. The standard InChI is InChI=1S/C26H38N2O8S/c1-25-9-8-22-26(2,14-33-24(36-22)13-28-37(3,31)32)21(25)7-5-18(29)17(25)11-23(30)27-12-16-4-6-19-20(10-16)35-15-34-19/h4,6,10,17-18,21-22,24,28-29H,5,7-9,11-15H2,1-3H3,(H,27,30)/t17-,18-,21+,22-,24-,25+,26+/m1/s1. The summed E-state index contributed by atoms with van der Waals surface area (Å²) in [5, 5.41) is 14.1. The number of fused-ring (bicyclic) bond motifs is 4. The summed E-state index contributed by atoms with van der Waals surface area (Å²) in [5.41, 5.74) is 0.398. The number of hydrogen-bond donors (Lipinski definition) is 3. The summed E-state index contributed by atoms with van der Waals surface area (Å²) < 4.78 is 48.4. The largest absolute Gasteiger partial charge is 0.454 e. The minimum absolute atomic E-state index is 0.0681. The Morgan fingerprint density at radius 3 is 2.70 bits per heavy atom. The summed E-state index contributed by atoms with van der Waals surface area (Å²) in [6.07, 6.45) is 3.18. The molecule has 206 valence electrons. The summed E-state index contributed by atoms with van der Waals surface area (Å²) in [4.78, 5) is 13.1. The Morgan fingerprint density at radius 2 is 1.92 bits per heavy atom. The molecule has 5 rings (SSSR count). The molecule has 3 fully saturated rings. The first-order valence-electron chi connectivity index (χ1n) is 13.0. The molecule has 0 spiro atoms. The van der Waals surface area contributed by atoms with Crippen LogP contribution in [0.15, 0.2) is 18.2 Å². The number of sulfonamides is 1. The molecule has 1 aromatic carbocycles. The lowest BCUT2D eigenvalue weighted by atomic mass is 9.46. The number of nitrogens with one attached hydrogen (secondary N) is 2. The highest BCUT2D eigenvalue weighted by Gasteiger charge is 2.61. The first-order chi connectivity index (χ1) is 17.5. The van der Waals surface area contributed by atoms with Crippen LogP contribution in [0.2, 0.25) is 0 Å². The summed E-state index contributed by atoms with van der Waals surface area (Å²) in [6.45, 7) is 5.50. The second kappa shape index (κ2) is 10.00. The number of hydrogen-bond acceptors (Lipinski definition) is 8. The quantitative estimate of drug-likeness (QED) is 0.480. The zero-order chi connectivity index (χ0) is 26.4. The van der Waals surface area contributed by atoms with Gasteiger partial charge in [-0.25, -0.2) is 13.1 Å². The zero-order valence-electron chi connectivity index (χ0n) is 21.7. The molecule has 2 aliphatic heterocycles. The third kappa shape index (κ3) is 5.34. The Bertz CT molecular complexity index is 1130. The second-order valence-electron chi connectivity index (χ2n) is 11.5. The number of rotatable bonds is 7. The van der Waals surface area contributed by atoms with E-state index >= 15 is 0 Å². The van der Waals surface area contributed by atoms with E-state index in [9.17, 15) is 18.3 Å². The van der Waals surface area contributed by atoms with Gasteiger partial charge in [-0.3, -0.25) is 4.79 Å². The molecule has 0 radical (unpaired) electrons. The van der Waals surface area contributed by atoms with E-state index in [-0.39, 0.29) is 54.4 Å². The van der Waals surface area contributed by atoms with Crippen LogP contribution in [0.4, 0.5) is 0 Å².